The predicted molar refractivity (Wildman–Crippen MR) is 82.0 cm³/mol. The summed E-state index contributed by atoms with van der Waals surface area (Å²) in [6.45, 7) is 4.88. The number of pyridine rings is 1. The number of nitrogens with zero attached hydrogens (tertiary/aromatic N) is 1. The van der Waals surface area contributed by atoms with Crippen LogP contribution in [0.3, 0.4) is 0 Å². The van der Waals surface area contributed by atoms with Gasteiger partial charge in [-0.3, -0.25) is 4.79 Å². The van der Waals surface area contributed by atoms with Crippen molar-refractivity contribution in [3.63, 3.8) is 0 Å². The van der Waals surface area contributed by atoms with Gasteiger partial charge in [0.1, 0.15) is 5.15 Å². The fourth-order valence-electron chi connectivity index (χ4n) is 2.03. The van der Waals surface area contributed by atoms with Crippen molar-refractivity contribution in [1.29, 1.82) is 0 Å². The number of carbonyl (C=O) groups excluding carboxylic acids is 1. The minimum absolute atomic E-state index is 0.0543. The average molecular weight is 292 g/mol. The van der Waals surface area contributed by atoms with Crippen molar-refractivity contribution in [1.82, 2.24) is 15.6 Å². The lowest BCUT2D eigenvalue weighted by Gasteiger charge is -2.10. The summed E-state index contributed by atoms with van der Waals surface area (Å²) in [5.41, 5.74) is 4.18. The molecule has 0 saturated carbocycles. The zero-order valence-corrected chi connectivity index (χ0v) is 12.6. The second-order valence-electron chi connectivity index (χ2n) is 4.79. The van der Waals surface area contributed by atoms with Crippen LogP contribution in [0.2, 0.25) is 5.15 Å². The van der Waals surface area contributed by atoms with Crippen LogP contribution in [-0.2, 0) is 11.3 Å². The minimum atomic E-state index is -0.0543. The molecule has 0 atom stereocenters. The van der Waals surface area contributed by atoms with Crippen LogP contribution in [-0.4, -0.2) is 24.5 Å². The number of carbonyl (C=O) groups is 1. The molecule has 0 saturated heterocycles. The van der Waals surface area contributed by atoms with Gasteiger partial charge >= 0.3 is 0 Å². The van der Waals surface area contributed by atoms with E-state index < -0.39 is 0 Å². The molecule has 2 rings (SSSR count). The summed E-state index contributed by atoms with van der Waals surface area (Å²) >= 11 is 6.23. The highest BCUT2D eigenvalue weighted by atomic mass is 35.5. The minimum Gasteiger partial charge on any atom is -0.358 e. The molecule has 2 N–H and O–H groups in total. The van der Waals surface area contributed by atoms with E-state index in [1.54, 1.807) is 7.05 Å². The molecule has 0 unspecified atom stereocenters. The molecule has 20 heavy (non-hydrogen) atoms. The highest BCUT2D eigenvalue weighted by Crippen LogP contribution is 2.24. The van der Waals surface area contributed by atoms with Crippen LogP contribution in [0, 0.1) is 13.8 Å². The number of fused-ring (bicyclic) bond motifs is 1. The Hall–Kier alpha value is -1.65. The molecule has 106 valence electrons. The van der Waals surface area contributed by atoms with Crippen LogP contribution >= 0.6 is 11.6 Å². The lowest BCUT2D eigenvalue weighted by Crippen LogP contribution is -2.31. The van der Waals surface area contributed by atoms with Crippen molar-refractivity contribution in [3.05, 3.63) is 40.0 Å². The van der Waals surface area contributed by atoms with Crippen LogP contribution in [0.5, 0.6) is 0 Å². The Kier molecular flexibility index (Phi) is 4.57. The second-order valence-corrected chi connectivity index (χ2v) is 5.15. The summed E-state index contributed by atoms with van der Waals surface area (Å²) < 4.78 is 0. The summed E-state index contributed by atoms with van der Waals surface area (Å²) in [6, 6.07) is 6.15. The van der Waals surface area contributed by atoms with Crippen molar-refractivity contribution < 1.29 is 4.79 Å². The van der Waals surface area contributed by atoms with Gasteiger partial charge in [0.25, 0.3) is 0 Å². The number of halogens is 1. The molecule has 1 aromatic carbocycles. The zero-order chi connectivity index (χ0) is 14.7. The SMILES string of the molecule is CNC(=O)CNCc1cc2ccc(C)c(C)c2nc1Cl. The first-order valence-electron chi connectivity index (χ1n) is 6.49. The molecular weight excluding hydrogens is 274 g/mol. The normalized spacial score (nSPS) is 10.8. The third-order valence-corrected chi connectivity index (χ3v) is 3.74. The van der Waals surface area contributed by atoms with E-state index in [0.29, 0.717) is 11.7 Å². The fraction of sp³-hybridized carbons (Fsp3) is 0.333. The number of nitrogens with one attached hydrogen (secondary N) is 2. The van der Waals surface area contributed by atoms with E-state index in [9.17, 15) is 4.79 Å². The summed E-state index contributed by atoms with van der Waals surface area (Å²) in [5.74, 6) is -0.0543. The quantitative estimate of drug-likeness (QED) is 0.850. The van der Waals surface area contributed by atoms with Gasteiger partial charge in [-0.15, -0.1) is 0 Å². The molecule has 1 amide bonds. The lowest BCUT2D eigenvalue weighted by molar-refractivity contribution is -0.119. The van der Waals surface area contributed by atoms with Crippen LogP contribution in [0.15, 0.2) is 18.2 Å². The number of aryl methyl sites for hydroxylation is 2. The Morgan fingerprint density at radius 2 is 2.10 bits per heavy atom. The Balaban J connectivity index is 2.25. The number of amides is 1. The predicted octanol–water partition coefficient (Wildman–Crippen LogP) is 2.34. The smallest absolute Gasteiger partial charge is 0.233 e. The number of likely N-dealkylation sites (N-methyl/N-ethyl adjacent to an activating group) is 1. The molecule has 0 aliphatic heterocycles. The Morgan fingerprint density at radius 1 is 1.35 bits per heavy atom. The largest absolute Gasteiger partial charge is 0.358 e. The maximum atomic E-state index is 11.2. The molecule has 1 heterocycles. The van der Waals surface area contributed by atoms with Gasteiger partial charge < -0.3 is 10.6 Å². The van der Waals surface area contributed by atoms with Gasteiger partial charge in [-0.25, -0.2) is 4.98 Å². The number of benzene rings is 1. The van der Waals surface area contributed by atoms with Crippen molar-refractivity contribution >= 4 is 28.4 Å². The monoisotopic (exact) mass is 291 g/mol. The van der Waals surface area contributed by atoms with Crippen molar-refractivity contribution in [3.8, 4) is 0 Å². The van der Waals surface area contributed by atoms with Crippen molar-refractivity contribution in [2.75, 3.05) is 13.6 Å². The Labute approximate surface area is 123 Å². The van der Waals surface area contributed by atoms with Crippen molar-refractivity contribution in [2.24, 2.45) is 0 Å². The first kappa shape index (κ1) is 14.8. The number of hydrogen-bond donors (Lipinski definition) is 2. The summed E-state index contributed by atoms with van der Waals surface area (Å²) in [4.78, 5) is 15.6. The van der Waals surface area contributed by atoms with Gasteiger partial charge in [0.05, 0.1) is 12.1 Å². The molecule has 0 fully saturated rings. The molecular formula is C15H18ClN3O. The average Bonchev–Trinajstić information content (AvgIpc) is 2.44. The fourth-order valence-corrected chi connectivity index (χ4v) is 2.23. The molecule has 0 aliphatic rings. The number of hydrogen-bond acceptors (Lipinski definition) is 3. The van der Waals surface area contributed by atoms with E-state index in [1.165, 1.54) is 5.56 Å². The van der Waals surface area contributed by atoms with Gasteiger partial charge in [-0.1, -0.05) is 23.7 Å². The van der Waals surface area contributed by atoms with E-state index in [4.69, 9.17) is 11.6 Å². The lowest BCUT2D eigenvalue weighted by atomic mass is 10.0. The summed E-state index contributed by atoms with van der Waals surface area (Å²) in [6.07, 6.45) is 0. The maximum Gasteiger partial charge on any atom is 0.233 e. The van der Waals surface area contributed by atoms with E-state index >= 15 is 0 Å². The van der Waals surface area contributed by atoms with Crippen LogP contribution < -0.4 is 10.6 Å². The van der Waals surface area contributed by atoms with E-state index in [-0.39, 0.29) is 12.5 Å². The molecule has 0 spiro atoms. The third-order valence-electron chi connectivity index (χ3n) is 3.42. The van der Waals surface area contributed by atoms with Gasteiger partial charge in [-0.05, 0) is 31.0 Å². The van der Waals surface area contributed by atoms with Crippen molar-refractivity contribution in [2.45, 2.75) is 20.4 Å². The van der Waals surface area contributed by atoms with E-state index in [1.807, 2.05) is 19.1 Å². The summed E-state index contributed by atoms with van der Waals surface area (Å²) in [7, 11) is 1.61. The maximum absolute atomic E-state index is 11.2. The zero-order valence-electron chi connectivity index (χ0n) is 11.9. The highest BCUT2D eigenvalue weighted by Gasteiger charge is 2.08. The molecule has 5 heteroatoms. The number of aromatic nitrogens is 1. The Bertz CT molecular complexity index is 655. The molecule has 0 bridgehead atoms. The van der Waals surface area contributed by atoms with Gasteiger partial charge in [0.15, 0.2) is 0 Å². The summed E-state index contributed by atoms with van der Waals surface area (Å²) in [5, 5.41) is 7.15. The molecule has 1 aromatic heterocycles. The first-order chi connectivity index (χ1) is 9.52. The van der Waals surface area contributed by atoms with Gasteiger partial charge in [0, 0.05) is 24.5 Å². The van der Waals surface area contributed by atoms with Crippen LogP contribution in [0.1, 0.15) is 16.7 Å². The number of rotatable bonds is 4. The first-order valence-corrected chi connectivity index (χ1v) is 6.87. The second kappa shape index (κ2) is 6.20. The highest BCUT2D eigenvalue weighted by molar-refractivity contribution is 6.30. The van der Waals surface area contributed by atoms with Gasteiger partial charge in [0.2, 0.25) is 5.91 Å². The van der Waals surface area contributed by atoms with Gasteiger partial charge in [-0.2, -0.15) is 0 Å². The topological polar surface area (TPSA) is 54.0 Å². The van der Waals surface area contributed by atoms with Crippen LogP contribution in [0.4, 0.5) is 0 Å². The van der Waals surface area contributed by atoms with E-state index in [0.717, 1.165) is 22.0 Å². The van der Waals surface area contributed by atoms with E-state index in [2.05, 4.69) is 28.6 Å². The standard InChI is InChI=1S/C15H18ClN3O/c1-9-4-5-11-6-12(7-18-8-13(20)17-3)15(16)19-14(11)10(9)2/h4-6,18H,7-8H2,1-3H3,(H,17,20). The molecule has 2 aromatic rings. The molecule has 0 aliphatic carbocycles. The van der Waals surface area contributed by atoms with Crippen LogP contribution in [0.25, 0.3) is 10.9 Å². The molecule has 0 radical (unpaired) electrons. The molecule has 4 nitrogen and oxygen atoms in total. The third kappa shape index (κ3) is 3.08. The Morgan fingerprint density at radius 3 is 2.80 bits per heavy atom.